The number of nitrogens with two attached hydrogens (primary N) is 1. The van der Waals surface area contributed by atoms with E-state index in [0.29, 0.717) is 12.3 Å². The fourth-order valence-electron chi connectivity index (χ4n) is 3.38. The van der Waals surface area contributed by atoms with Crippen LogP contribution in [0.15, 0.2) is 35.7 Å². The van der Waals surface area contributed by atoms with Crippen molar-refractivity contribution in [3.8, 4) is 11.1 Å². The Morgan fingerprint density at radius 3 is 2.77 bits per heavy atom. The minimum atomic E-state index is -0.230. The molecule has 7 heteroatoms. The number of amides is 1. The standard InChI is InChI=1S/C19H20N4OS2/c1-25-11-16-21-18(23-8-12(9-23)7-15(20)24)17-14(10-26-19(17)22-16)13-5-3-2-4-6-13/h2-6,10,12H,7-9,11H2,1H3,(H2,20,24). The van der Waals surface area contributed by atoms with E-state index in [1.54, 1.807) is 23.1 Å². The molecule has 2 N–H and O–H groups in total. The number of hydrogen-bond acceptors (Lipinski definition) is 6. The number of thioether (sulfide) groups is 1. The second kappa shape index (κ2) is 7.25. The second-order valence-corrected chi connectivity index (χ2v) is 8.26. The zero-order valence-corrected chi connectivity index (χ0v) is 16.1. The number of carbonyl (C=O) groups excluding carboxylic acids is 1. The normalized spacial score (nSPS) is 14.6. The molecule has 5 nitrogen and oxygen atoms in total. The first-order valence-electron chi connectivity index (χ1n) is 8.51. The molecule has 2 aromatic heterocycles. The van der Waals surface area contributed by atoms with Gasteiger partial charge < -0.3 is 10.6 Å². The molecule has 3 aromatic rings. The van der Waals surface area contributed by atoms with Crippen molar-refractivity contribution in [1.29, 1.82) is 0 Å². The Kier molecular flexibility index (Phi) is 4.82. The van der Waals surface area contributed by atoms with Crippen molar-refractivity contribution >= 4 is 45.0 Å². The highest BCUT2D eigenvalue weighted by Gasteiger charge is 2.31. The van der Waals surface area contributed by atoms with Gasteiger partial charge in [0, 0.05) is 36.4 Å². The number of thiophene rings is 1. The molecule has 1 saturated heterocycles. The van der Waals surface area contributed by atoms with E-state index in [1.807, 2.05) is 18.2 Å². The fraction of sp³-hybridized carbons (Fsp3) is 0.316. The third kappa shape index (κ3) is 3.29. The van der Waals surface area contributed by atoms with Gasteiger partial charge >= 0.3 is 0 Å². The molecule has 1 amide bonds. The van der Waals surface area contributed by atoms with Crippen LogP contribution in [0.2, 0.25) is 0 Å². The molecule has 0 saturated carbocycles. The van der Waals surface area contributed by atoms with Crippen LogP contribution < -0.4 is 10.6 Å². The highest BCUT2D eigenvalue weighted by Crippen LogP contribution is 2.40. The molecule has 0 bridgehead atoms. The summed E-state index contributed by atoms with van der Waals surface area (Å²) in [5.41, 5.74) is 7.69. The summed E-state index contributed by atoms with van der Waals surface area (Å²) in [5, 5.41) is 3.28. The van der Waals surface area contributed by atoms with E-state index in [9.17, 15) is 4.79 Å². The molecule has 3 heterocycles. The average molecular weight is 385 g/mol. The van der Waals surface area contributed by atoms with Crippen molar-refractivity contribution < 1.29 is 4.79 Å². The Bertz CT molecular complexity index is 935. The summed E-state index contributed by atoms with van der Waals surface area (Å²) in [6.07, 6.45) is 2.50. The maximum absolute atomic E-state index is 11.2. The molecule has 26 heavy (non-hydrogen) atoms. The van der Waals surface area contributed by atoms with Gasteiger partial charge in [0.05, 0.1) is 11.1 Å². The highest BCUT2D eigenvalue weighted by atomic mass is 32.2. The van der Waals surface area contributed by atoms with Crippen LogP contribution in [-0.2, 0) is 10.5 Å². The van der Waals surface area contributed by atoms with E-state index in [-0.39, 0.29) is 5.91 Å². The lowest BCUT2D eigenvalue weighted by molar-refractivity contribution is -0.119. The molecule has 0 atom stereocenters. The van der Waals surface area contributed by atoms with Crippen LogP contribution in [0.1, 0.15) is 12.2 Å². The smallest absolute Gasteiger partial charge is 0.217 e. The average Bonchev–Trinajstić information content (AvgIpc) is 3.02. The van der Waals surface area contributed by atoms with Gasteiger partial charge in [0.15, 0.2) is 0 Å². The van der Waals surface area contributed by atoms with E-state index >= 15 is 0 Å². The molecule has 1 aliphatic heterocycles. The van der Waals surface area contributed by atoms with Gasteiger partial charge in [0.25, 0.3) is 0 Å². The van der Waals surface area contributed by atoms with Crippen molar-refractivity contribution in [2.75, 3.05) is 24.2 Å². The Balaban J connectivity index is 1.76. The lowest BCUT2D eigenvalue weighted by Gasteiger charge is -2.40. The number of benzene rings is 1. The fourth-order valence-corrected chi connectivity index (χ4v) is 4.72. The van der Waals surface area contributed by atoms with Crippen LogP contribution in [0.25, 0.3) is 21.3 Å². The molecule has 4 rings (SSSR count). The van der Waals surface area contributed by atoms with E-state index in [2.05, 4.69) is 28.7 Å². The van der Waals surface area contributed by atoms with Crippen LogP contribution in [0.3, 0.4) is 0 Å². The zero-order chi connectivity index (χ0) is 18.1. The van der Waals surface area contributed by atoms with E-state index < -0.39 is 0 Å². The van der Waals surface area contributed by atoms with E-state index in [4.69, 9.17) is 15.7 Å². The molecular weight excluding hydrogens is 364 g/mol. The maximum Gasteiger partial charge on any atom is 0.217 e. The molecular formula is C19H20N4OS2. The van der Waals surface area contributed by atoms with Crippen LogP contribution in [0, 0.1) is 5.92 Å². The summed E-state index contributed by atoms with van der Waals surface area (Å²) in [6.45, 7) is 1.63. The van der Waals surface area contributed by atoms with Gasteiger partial charge in [-0.05, 0) is 11.8 Å². The Morgan fingerprint density at radius 1 is 1.31 bits per heavy atom. The minimum Gasteiger partial charge on any atom is -0.370 e. The van der Waals surface area contributed by atoms with Gasteiger partial charge in [-0.2, -0.15) is 11.8 Å². The summed E-state index contributed by atoms with van der Waals surface area (Å²) in [4.78, 5) is 24.1. The lowest BCUT2D eigenvalue weighted by Crippen LogP contribution is -2.48. The molecule has 0 aliphatic carbocycles. The number of rotatable bonds is 6. The third-order valence-electron chi connectivity index (χ3n) is 4.57. The van der Waals surface area contributed by atoms with Crippen LogP contribution in [0.4, 0.5) is 5.82 Å². The van der Waals surface area contributed by atoms with Crippen molar-refractivity contribution in [2.45, 2.75) is 12.2 Å². The Morgan fingerprint density at radius 2 is 2.08 bits per heavy atom. The van der Waals surface area contributed by atoms with Gasteiger partial charge in [0.2, 0.25) is 5.91 Å². The molecule has 1 aromatic carbocycles. The van der Waals surface area contributed by atoms with Crippen LogP contribution >= 0.6 is 23.1 Å². The molecule has 1 fully saturated rings. The van der Waals surface area contributed by atoms with E-state index in [1.165, 1.54) is 11.1 Å². The number of aromatic nitrogens is 2. The maximum atomic E-state index is 11.2. The zero-order valence-electron chi connectivity index (χ0n) is 14.5. The number of nitrogens with zero attached hydrogens (tertiary/aromatic N) is 3. The molecule has 1 aliphatic rings. The molecule has 0 radical (unpaired) electrons. The summed E-state index contributed by atoms with van der Waals surface area (Å²) in [7, 11) is 0. The number of anilines is 1. The second-order valence-electron chi connectivity index (χ2n) is 6.53. The number of fused-ring (bicyclic) bond motifs is 1. The van der Waals surface area contributed by atoms with Gasteiger partial charge in [0.1, 0.15) is 16.5 Å². The topological polar surface area (TPSA) is 72.1 Å². The lowest BCUT2D eigenvalue weighted by atomic mass is 9.95. The highest BCUT2D eigenvalue weighted by molar-refractivity contribution is 7.97. The van der Waals surface area contributed by atoms with Gasteiger partial charge in [-0.3, -0.25) is 4.79 Å². The molecule has 0 spiro atoms. The first-order valence-corrected chi connectivity index (χ1v) is 10.8. The Hall–Kier alpha value is -2.12. The summed E-state index contributed by atoms with van der Waals surface area (Å²) in [6, 6.07) is 10.4. The van der Waals surface area contributed by atoms with Crippen LogP contribution in [0.5, 0.6) is 0 Å². The minimum absolute atomic E-state index is 0.230. The SMILES string of the molecule is CSCc1nc(N2CC(CC(N)=O)C2)c2c(-c3ccccc3)csc2n1. The first-order chi connectivity index (χ1) is 12.7. The summed E-state index contributed by atoms with van der Waals surface area (Å²) in [5.74, 6) is 2.73. The quantitative estimate of drug-likeness (QED) is 0.704. The first kappa shape index (κ1) is 17.3. The van der Waals surface area contributed by atoms with Crippen molar-refractivity contribution in [3.05, 3.63) is 41.5 Å². The van der Waals surface area contributed by atoms with Crippen molar-refractivity contribution in [2.24, 2.45) is 11.7 Å². The predicted molar refractivity (Wildman–Crippen MR) is 110 cm³/mol. The Labute approximate surface area is 160 Å². The largest absolute Gasteiger partial charge is 0.370 e. The van der Waals surface area contributed by atoms with Crippen LogP contribution in [-0.4, -0.2) is 35.2 Å². The number of carbonyl (C=O) groups is 1. The van der Waals surface area contributed by atoms with Crippen molar-refractivity contribution in [1.82, 2.24) is 9.97 Å². The molecule has 134 valence electrons. The van der Waals surface area contributed by atoms with Crippen molar-refractivity contribution in [3.63, 3.8) is 0 Å². The number of hydrogen-bond donors (Lipinski definition) is 1. The predicted octanol–water partition coefficient (Wildman–Crippen LogP) is 3.53. The monoisotopic (exact) mass is 384 g/mol. The number of primary amides is 1. The van der Waals surface area contributed by atoms with Gasteiger partial charge in [-0.1, -0.05) is 30.3 Å². The summed E-state index contributed by atoms with van der Waals surface area (Å²) >= 11 is 3.39. The third-order valence-corrected chi connectivity index (χ3v) is 5.98. The summed E-state index contributed by atoms with van der Waals surface area (Å²) < 4.78 is 0. The molecule has 0 unspecified atom stereocenters. The van der Waals surface area contributed by atoms with E-state index in [0.717, 1.165) is 40.7 Å². The van der Waals surface area contributed by atoms with Gasteiger partial charge in [-0.15, -0.1) is 11.3 Å². The van der Waals surface area contributed by atoms with Gasteiger partial charge in [-0.25, -0.2) is 9.97 Å².